The molecule has 4 nitrogen and oxygen atoms in total. The summed E-state index contributed by atoms with van der Waals surface area (Å²) >= 11 is 12.2. The fourth-order valence-electron chi connectivity index (χ4n) is 3.83. The third kappa shape index (κ3) is 4.33. The van der Waals surface area contributed by atoms with E-state index >= 15 is 0 Å². The molecule has 5 rings (SSSR count). The molecular formula is C26H20Cl2N4. The molecule has 0 saturated heterocycles. The van der Waals surface area contributed by atoms with E-state index < -0.39 is 0 Å². The molecule has 0 radical (unpaired) electrons. The van der Waals surface area contributed by atoms with E-state index in [2.05, 4.69) is 44.9 Å². The molecule has 2 aromatic heterocycles. The lowest BCUT2D eigenvalue weighted by molar-refractivity contribution is 1.05. The molecule has 0 bridgehead atoms. The lowest BCUT2D eigenvalue weighted by Crippen LogP contribution is -2.07. The summed E-state index contributed by atoms with van der Waals surface area (Å²) in [6, 6.07) is 24.0. The van der Waals surface area contributed by atoms with Gasteiger partial charge in [-0.15, -0.1) is 0 Å². The Morgan fingerprint density at radius 3 is 1.53 bits per heavy atom. The molecule has 2 heterocycles. The van der Waals surface area contributed by atoms with E-state index in [0.717, 1.165) is 33.2 Å². The largest absolute Gasteiger partial charge is 0.380 e. The maximum Gasteiger partial charge on any atom is 0.0737 e. The Morgan fingerprint density at radius 2 is 1.06 bits per heavy atom. The van der Waals surface area contributed by atoms with Gasteiger partial charge in [-0.05, 0) is 59.7 Å². The zero-order valence-corrected chi connectivity index (χ0v) is 18.7. The third-order valence-corrected chi connectivity index (χ3v) is 5.94. The van der Waals surface area contributed by atoms with E-state index in [0.29, 0.717) is 23.1 Å². The van der Waals surface area contributed by atoms with Crippen molar-refractivity contribution in [2.24, 2.45) is 0 Å². The van der Waals surface area contributed by atoms with Crippen LogP contribution in [0.2, 0.25) is 10.0 Å². The van der Waals surface area contributed by atoms with Crippen LogP contribution in [0.5, 0.6) is 0 Å². The molecule has 158 valence electrons. The van der Waals surface area contributed by atoms with Crippen molar-refractivity contribution in [3.63, 3.8) is 0 Å². The van der Waals surface area contributed by atoms with Crippen LogP contribution in [-0.2, 0) is 13.1 Å². The molecule has 0 aliphatic carbocycles. The second-order valence-electron chi connectivity index (χ2n) is 7.52. The molecule has 6 heteroatoms. The topological polar surface area (TPSA) is 49.8 Å². The van der Waals surface area contributed by atoms with Gasteiger partial charge < -0.3 is 10.6 Å². The van der Waals surface area contributed by atoms with Crippen molar-refractivity contribution >= 4 is 56.4 Å². The summed E-state index contributed by atoms with van der Waals surface area (Å²) in [5, 5.41) is 10.6. The average molecular weight is 459 g/mol. The van der Waals surface area contributed by atoms with Gasteiger partial charge in [-0.25, -0.2) is 0 Å². The Labute approximate surface area is 196 Å². The summed E-state index contributed by atoms with van der Waals surface area (Å²) in [4.78, 5) is 8.84. The summed E-state index contributed by atoms with van der Waals surface area (Å²) in [6.45, 7) is 1.40. The first-order chi connectivity index (χ1) is 15.7. The summed E-state index contributed by atoms with van der Waals surface area (Å²) < 4.78 is 0. The second kappa shape index (κ2) is 9.03. The minimum Gasteiger partial charge on any atom is -0.380 e. The maximum absolute atomic E-state index is 6.12. The number of rotatable bonds is 6. The number of hydrogen-bond acceptors (Lipinski definition) is 4. The van der Waals surface area contributed by atoms with Gasteiger partial charge in [-0.3, -0.25) is 9.97 Å². The van der Waals surface area contributed by atoms with Crippen LogP contribution in [0.15, 0.2) is 85.2 Å². The number of nitrogens with zero attached hydrogens (tertiary/aromatic N) is 2. The molecule has 5 aromatic rings. The van der Waals surface area contributed by atoms with Gasteiger partial charge in [0, 0.05) is 57.7 Å². The van der Waals surface area contributed by atoms with Crippen LogP contribution in [0.3, 0.4) is 0 Å². The first kappa shape index (κ1) is 20.6. The van der Waals surface area contributed by atoms with Crippen molar-refractivity contribution in [1.82, 2.24) is 9.97 Å². The molecule has 0 atom stereocenters. The van der Waals surface area contributed by atoms with Crippen LogP contribution in [0, 0.1) is 0 Å². The van der Waals surface area contributed by atoms with Gasteiger partial charge in [0.15, 0.2) is 0 Å². The number of pyridine rings is 2. The highest BCUT2D eigenvalue weighted by Crippen LogP contribution is 2.27. The summed E-state index contributed by atoms with van der Waals surface area (Å²) in [5.74, 6) is 0. The fourth-order valence-corrected chi connectivity index (χ4v) is 4.17. The van der Waals surface area contributed by atoms with Crippen molar-refractivity contribution in [2.75, 3.05) is 10.6 Å². The van der Waals surface area contributed by atoms with Gasteiger partial charge in [0.25, 0.3) is 0 Å². The molecular weight excluding hydrogens is 439 g/mol. The molecule has 0 amide bonds. The molecule has 3 aromatic carbocycles. The van der Waals surface area contributed by atoms with Crippen molar-refractivity contribution in [1.29, 1.82) is 0 Å². The number of benzene rings is 3. The van der Waals surface area contributed by atoms with Crippen molar-refractivity contribution in [2.45, 2.75) is 13.1 Å². The van der Waals surface area contributed by atoms with E-state index in [1.165, 1.54) is 11.1 Å². The van der Waals surface area contributed by atoms with Crippen LogP contribution in [0.1, 0.15) is 11.1 Å². The SMILES string of the molecule is Clc1ccc2c(NCc3ccccc3CNc3ccnc4cc(Cl)ccc34)ccnc2c1. The van der Waals surface area contributed by atoms with Crippen molar-refractivity contribution < 1.29 is 0 Å². The highest BCUT2D eigenvalue weighted by molar-refractivity contribution is 6.31. The molecule has 32 heavy (non-hydrogen) atoms. The van der Waals surface area contributed by atoms with Crippen LogP contribution in [0.25, 0.3) is 21.8 Å². The molecule has 0 aliphatic heterocycles. The summed E-state index contributed by atoms with van der Waals surface area (Å²) in [7, 11) is 0. The number of anilines is 2. The minimum atomic E-state index is 0.685. The predicted molar refractivity (Wildman–Crippen MR) is 135 cm³/mol. The Kier molecular flexibility index (Phi) is 5.80. The first-order valence-corrected chi connectivity index (χ1v) is 11.1. The lowest BCUT2D eigenvalue weighted by Gasteiger charge is -2.15. The van der Waals surface area contributed by atoms with Crippen molar-refractivity contribution in [3.8, 4) is 0 Å². The van der Waals surface area contributed by atoms with E-state index in [9.17, 15) is 0 Å². The number of hydrogen-bond donors (Lipinski definition) is 2. The van der Waals surface area contributed by atoms with Gasteiger partial charge in [-0.1, -0.05) is 47.5 Å². The Bertz CT molecular complexity index is 1310. The Morgan fingerprint density at radius 1 is 0.594 bits per heavy atom. The quantitative estimate of drug-likeness (QED) is 0.280. The zero-order chi connectivity index (χ0) is 21.9. The van der Waals surface area contributed by atoms with Gasteiger partial charge in [0.05, 0.1) is 11.0 Å². The average Bonchev–Trinajstić information content (AvgIpc) is 2.81. The fraction of sp³-hybridized carbons (Fsp3) is 0.0769. The van der Waals surface area contributed by atoms with Crippen LogP contribution < -0.4 is 10.6 Å². The van der Waals surface area contributed by atoms with E-state index in [4.69, 9.17) is 23.2 Å². The minimum absolute atomic E-state index is 0.685. The van der Waals surface area contributed by atoms with Crippen molar-refractivity contribution in [3.05, 3.63) is 106 Å². The number of halogens is 2. The first-order valence-electron chi connectivity index (χ1n) is 10.3. The third-order valence-electron chi connectivity index (χ3n) is 5.47. The monoisotopic (exact) mass is 458 g/mol. The standard InChI is InChI=1S/C26H20Cl2N4/c27-19-5-7-21-23(9-11-29-25(21)13-19)31-15-17-3-1-2-4-18(17)16-32-24-10-12-30-26-14-20(28)6-8-22(24)26/h1-14H,15-16H2,(H,29,31)(H,30,32). The maximum atomic E-state index is 6.12. The van der Waals surface area contributed by atoms with Gasteiger partial charge in [0.2, 0.25) is 0 Å². The summed E-state index contributed by atoms with van der Waals surface area (Å²) in [5.41, 5.74) is 6.27. The number of nitrogens with one attached hydrogen (secondary N) is 2. The second-order valence-corrected chi connectivity index (χ2v) is 8.39. The zero-order valence-electron chi connectivity index (χ0n) is 17.1. The molecule has 0 aliphatic rings. The molecule has 2 N–H and O–H groups in total. The predicted octanol–water partition coefficient (Wildman–Crippen LogP) is 7.31. The molecule has 0 spiro atoms. The van der Waals surface area contributed by atoms with Gasteiger partial charge >= 0.3 is 0 Å². The van der Waals surface area contributed by atoms with Crippen LogP contribution in [-0.4, -0.2) is 9.97 Å². The van der Waals surface area contributed by atoms with Gasteiger partial charge in [0.1, 0.15) is 0 Å². The van der Waals surface area contributed by atoms with Crippen LogP contribution in [0.4, 0.5) is 11.4 Å². The Hall–Kier alpha value is -3.34. The highest BCUT2D eigenvalue weighted by Gasteiger charge is 2.07. The highest BCUT2D eigenvalue weighted by atomic mass is 35.5. The number of aromatic nitrogens is 2. The summed E-state index contributed by atoms with van der Waals surface area (Å²) in [6.07, 6.45) is 3.60. The van der Waals surface area contributed by atoms with Gasteiger partial charge in [-0.2, -0.15) is 0 Å². The molecule has 0 unspecified atom stereocenters. The van der Waals surface area contributed by atoms with E-state index in [1.54, 1.807) is 12.4 Å². The normalized spacial score (nSPS) is 11.1. The number of fused-ring (bicyclic) bond motifs is 2. The van der Waals surface area contributed by atoms with Crippen LogP contribution >= 0.6 is 23.2 Å². The molecule has 0 fully saturated rings. The lowest BCUT2D eigenvalue weighted by atomic mass is 10.1. The van der Waals surface area contributed by atoms with E-state index in [1.807, 2.05) is 48.5 Å². The molecule has 0 saturated carbocycles. The Balaban J connectivity index is 1.35. The smallest absolute Gasteiger partial charge is 0.0737 e. The van der Waals surface area contributed by atoms with E-state index in [-0.39, 0.29) is 0 Å².